The number of Topliss-reactive ketones (excluding diaryl/α,β-unsaturated/α-hetero) is 1. The maximum absolute atomic E-state index is 11.2. The van der Waals surface area contributed by atoms with Gasteiger partial charge in [0.2, 0.25) is 0 Å². The molecule has 1 heterocycles. The lowest BCUT2D eigenvalue weighted by atomic mass is 10.2. The molecule has 0 aromatic carbocycles. The number of ketones is 1. The lowest BCUT2D eigenvalue weighted by molar-refractivity contribution is 0.0595. The third-order valence-electron chi connectivity index (χ3n) is 1.63. The third-order valence-corrected chi connectivity index (χ3v) is 2.26. The second-order valence-electron chi connectivity index (χ2n) is 2.44. The maximum atomic E-state index is 11.2. The molecule has 4 nitrogen and oxygen atoms in total. The summed E-state index contributed by atoms with van der Waals surface area (Å²) in [5.74, 6) is -1.15. The maximum Gasteiger partial charge on any atom is 0.356 e. The Balaban J connectivity index is 3.08. The molecule has 1 N–H and O–H groups in total. The van der Waals surface area contributed by atoms with Gasteiger partial charge in [-0.15, -0.1) is 11.6 Å². The van der Waals surface area contributed by atoms with Gasteiger partial charge in [-0.1, -0.05) is 11.6 Å². The van der Waals surface area contributed by atoms with Gasteiger partial charge in [-0.25, -0.2) is 4.79 Å². The number of nitrogens with one attached hydrogen (secondary N) is 1. The first-order valence-electron chi connectivity index (χ1n) is 3.66. The van der Waals surface area contributed by atoms with Gasteiger partial charge in [0.1, 0.15) is 5.69 Å². The lowest BCUT2D eigenvalue weighted by Crippen LogP contribution is -2.03. The van der Waals surface area contributed by atoms with Crippen LogP contribution in [-0.2, 0) is 4.74 Å². The quantitative estimate of drug-likeness (QED) is 0.495. The molecule has 6 heteroatoms. The molecule has 14 heavy (non-hydrogen) atoms. The first-order valence-corrected chi connectivity index (χ1v) is 4.57. The van der Waals surface area contributed by atoms with E-state index in [0.717, 1.165) is 0 Å². The summed E-state index contributed by atoms with van der Waals surface area (Å²) >= 11 is 11.1. The molecule has 76 valence electrons. The van der Waals surface area contributed by atoms with Gasteiger partial charge < -0.3 is 9.72 Å². The van der Waals surface area contributed by atoms with Gasteiger partial charge in [0, 0.05) is 6.20 Å². The summed E-state index contributed by atoms with van der Waals surface area (Å²) in [6, 6.07) is 0. The molecule has 1 aromatic heterocycles. The number of methoxy groups -OCH3 is 1. The summed E-state index contributed by atoms with van der Waals surface area (Å²) in [6.07, 6.45) is 1.33. The van der Waals surface area contributed by atoms with E-state index in [1.165, 1.54) is 13.3 Å². The Bertz CT molecular complexity index is 339. The van der Waals surface area contributed by atoms with Gasteiger partial charge in [-0.3, -0.25) is 4.79 Å². The fraction of sp³-hybridized carbons (Fsp3) is 0.250. The van der Waals surface area contributed by atoms with Gasteiger partial charge >= 0.3 is 5.97 Å². The standard InChI is InChI=1S/C8H7Cl2NO3/c1-14-8(13)7-6(10)4(3-11-7)5(12)2-9/h3,11H,2H2,1H3. The summed E-state index contributed by atoms with van der Waals surface area (Å²) in [7, 11) is 1.22. The molecule has 0 aliphatic carbocycles. The number of carbonyl (C=O) groups excluding carboxylic acids is 2. The van der Waals surface area contributed by atoms with Crippen LogP contribution in [-0.4, -0.2) is 29.7 Å². The van der Waals surface area contributed by atoms with Crippen molar-refractivity contribution in [1.29, 1.82) is 0 Å². The molecule has 0 spiro atoms. The molecular weight excluding hydrogens is 229 g/mol. The molecule has 0 saturated carbocycles. The molecule has 0 atom stereocenters. The minimum absolute atomic E-state index is 0.0440. The molecule has 0 saturated heterocycles. The van der Waals surface area contributed by atoms with Crippen LogP contribution in [0.25, 0.3) is 0 Å². The molecule has 0 fully saturated rings. The van der Waals surface area contributed by atoms with Crippen LogP contribution in [0, 0.1) is 0 Å². The van der Waals surface area contributed by atoms with E-state index < -0.39 is 5.97 Å². The number of H-pyrrole nitrogens is 1. The average molecular weight is 236 g/mol. The number of ether oxygens (including phenoxy) is 1. The van der Waals surface area contributed by atoms with E-state index in [0.29, 0.717) is 0 Å². The van der Waals surface area contributed by atoms with Crippen LogP contribution in [0.1, 0.15) is 20.8 Å². The van der Waals surface area contributed by atoms with Crippen molar-refractivity contribution in [2.24, 2.45) is 0 Å². The number of hydrogen-bond donors (Lipinski definition) is 1. The number of alkyl halides is 1. The zero-order chi connectivity index (χ0) is 10.7. The predicted molar refractivity (Wildman–Crippen MR) is 52.2 cm³/mol. The molecule has 0 aliphatic heterocycles. The second-order valence-corrected chi connectivity index (χ2v) is 3.08. The number of aromatic amines is 1. The van der Waals surface area contributed by atoms with E-state index in [1.54, 1.807) is 0 Å². The van der Waals surface area contributed by atoms with Crippen molar-refractivity contribution in [2.45, 2.75) is 0 Å². The largest absolute Gasteiger partial charge is 0.464 e. The second kappa shape index (κ2) is 4.48. The van der Waals surface area contributed by atoms with Crippen molar-refractivity contribution in [2.75, 3.05) is 13.0 Å². The highest BCUT2D eigenvalue weighted by Crippen LogP contribution is 2.21. The first-order chi connectivity index (χ1) is 6.61. The van der Waals surface area contributed by atoms with Crippen molar-refractivity contribution in [3.05, 3.63) is 22.5 Å². The predicted octanol–water partition coefficient (Wildman–Crippen LogP) is 1.88. The smallest absolute Gasteiger partial charge is 0.356 e. The zero-order valence-electron chi connectivity index (χ0n) is 7.27. The van der Waals surface area contributed by atoms with Crippen molar-refractivity contribution in [1.82, 2.24) is 4.98 Å². The van der Waals surface area contributed by atoms with E-state index in [4.69, 9.17) is 23.2 Å². The molecule has 0 radical (unpaired) electrons. The van der Waals surface area contributed by atoms with Gasteiger partial charge in [-0.05, 0) is 0 Å². The highest BCUT2D eigenvalue weighted by atomic mass is 35.5. The number of halogens is 2. The minimum Gasteiger partial charge on any atom is -0.464 e. The summed E-state index contributed by atoms with van der Waals surface area (Å²) in [6.45, 7) is 0. The van der Waals surface area contributed by atoms with Crippen molar-refractivity contribution >= 4 is 35.0 Å². The van der Waals surface area contributed by atoms with E-state index in [9.17, 15) is 9.59 Å². The average Bonchev–Trinajstić information content (AvgIpc) is 2.58. The van der Waals surface area contributed by atoms with Crippen molar-refractivity contribution in [3.8, 4) is 0 Å². The van der Waals surface area contributed by atoms with Crippen molar-refractivity contribution < 1.29 is 14.3 Å². The molecule has 0 amide bonds. The van der Waals surface area contributed by atoms with E-state index >= 15 is 0 Å². The van der Waals surface area contributed by atoms with Gasteiger partial charge in [-0.2, -0.15) is 0 Å². The summed E-state index contributed by atoms with van der Waals surface area (Å²) < 4.78 is 4.44. The van der Waals surface area contributed by atoms with Crippen LogP contribution in [0.15, 0.2) is 6.20 Å². The van der Waals surface area contributed by atoms with Crippen LogP contribution >= 0.6 is 23.2 Å². The fourth-order valence-electron chi connectivity index (χ4n) is 0.931. The van der Waals surface area contributed by atoms with Crippen LogP contribution in [0.3, 0.4) is 0 Å². The topological polar surface area (TPSA) is 59.2 Å². The molecule has 0 aliphatic rings. The molecule has 1 rings (SSSR count). The lowest BCUT2D eigenvalue weighted by Gasteiger charge is -1.96. The monoisotopic (exact) mass is 235 g/mol. The minimum atomic E-state index is -0.622. The fourth-order valence-corrected chi connectivity index (χ4v) is 1.37. The van der Waals surface area contributed by atoms with Crippen LogP contribution in [0.5, 0.6) is 0 Å². The summed E-state index contributed by atoms with van der Waals surface area (Å²) in [5.41, 5.74) is 0.254. The van der Waals surface area contributed by atoms with Gasteiger partial charge in [0.25, 0.3) is 0 Å². The van der Waals surface area contributed by atoms with Crippen molar-refractivity contribution in [3.63, 3.8) is 0 Å². The number of hydrogen-bond acceptors (Lipinski definition) is 3. The van der Waals surface area contributed by atoms with Crippen LogP contribution < -0.4 is 0 Å². The Morgan fingerprint density at radius 2 is 2.21 bits per heavy atom. The van der Waals surface area contributed by atoms with Gasteiger partial charge in [0.05, 0.1) is 23.6 Å². The Morgan fingerprint density at radius 3 is 2.71 bits per heavy atom. The normalized spacial score (nSPS) is 9.93. The van der Waals surface area contributed by atoms with E-state index in [1.807, 2.05) is 0 Å². The third kappa shape index (κ3) is 1.91. The van der Waals surface area contributed by atoms with Crippen LogP contribution in [0.4, 0.5) is 0 Å². The molecule has 0 bridgehead atoms. The highest BCUT2D eigenvalue weighted by Gasteiger charge is 2.19. The molecule has 1 aromatic rings. The summed E-state index contributed by atoms with van der Waals surface area (Å²) in [4.78, 5) is 24.8. The number of aromatic nitrogens is 1. The Labute approximate surface area is 90.1 Å². The van der Waals surface area contributed by atoms with Crippen LogP contribution in [0.2, 0.25) is 5.02 Å². The number of esters is 1. The molecular formula is C8H7Cl2NO3. The van der Waals surface area contributed by atoms with E-state index in [-0.39, 0.29) is 27.9 Å². The summed E-state index contributed by atoms with van der Waals surface area (Å²) in [5, 5.41) is 0.0440. The zero-order valence-corrected chi connectivity index (χ0v) is 8.78. The number of rotatable bonds is 3. The highest BCUT2D eigenvalue weighted by molar-refractivity contribution is 6.39. The first kappa shape index (κ1) is 11.1. The Hall–Kier alpha value is -1.00. The SMILES string of the molecule is COC(=O)c1[nH]cc(C(=O)CCl)c1Cl. The Kier molecular flexibility index (Phi) is 3.55. The Morgan fingerprint density at radius 1 is 1.57 bits per heavy atom. The van der Waals surface area contributed by atoms with E-state index in [2.05, 4.69) is 9.72 Å². The van der Waals surface area contributed by atoms with Gasteiger partial charge in [0.15, 0.2) is 5.78 Å². The number of carbonyl (C=O) groups is 2. The molecule has 0 unspecified atom stereocenters.